The fourth-order valence-corrected chi connectivity index (χ4v) is 6.77. The van der Waals surface area contributed by atoms with Crippen LogP contribution in [0.4, 0.5) is 17.1 Å². The monoisotopic (exact) mass is 593 g/mol. The number of fused-ring (bicyclic) bond motifs is 3. The van der Waals surface area contributed by atoms with E-state index >= 15 is 0 Å². The fourth-order valence-electron chi connectivity index (χ4n) is 6.77. The molecule has 1 aliphatic carbocycles. The Labute approximate surface area is 277 Å². The maximum Gasteiger partial charge on any atom is 0.0645 e. The Bertz CT molecular complexity index is 2350. The molecule has 220 valence electrons. The summed E-state index contributed by atoms with van der Waals surface area (Å²) in [5, 5.41) is 0. The Morgan fingerprint density at radius 1 is 0.413 bits per heavy atom. The van der Waals surface area contributed by atoms with E-state index in [0.717, 1.165) is 39.2 Å². The van der Waals surface area contributed by atoms with Gasteiger partial charge in [0.2, 0.25) is 0 Å². The molecule has 1 aliphatic rings. The summed E-state index contributed by atoms with van der Waals surface area (Å²) in [6.45, 7) is 4.47. The zero-order chi connectivity index (χ0) is 34.6. The van der Waals surface area contributed by atoms with Crippen LogP contribution in [0.15, 0.2) is 176 Å². The number of benzene rings is 7. The van der Waals surface area contributed by atoms with Crippen molar-refractivity contribution >= 4 is 17.1 Å². The van der Waals surface area contributed by atoms with Crippen LogP contribution < -0.4 is 4.90 Å². The van der Waals surface area contributed by atoms with E-state index in [4.69, 9.17) is 0 Å². The molecule has 0 spiro atoms. The lowest BCUT2D eigenvalue weighted by molar-refractivity contribution is 0.660. The van der Waals surface area contributed by atoms with Gasteiger partial charge in [-0.05, 0) is 80.4 Å². The minimum atomic E-state index is -0.267. The van der Waals surface area contributed by atoms with Gasteiger partial charge in [-0.15, -0.1) is 0 Å². The fraction of sp³-hybridized carbons (Fsp3) is 0.0667. The largest absolute Gasteiger partial charge is 0.310 e. The minimum Gasteiger partial charge on any atom is -0.310 e. The van der Waals surface area contributed by atoms with Gasteiger partial charge in [-0.1, -0.05) is 159 Å². The normalized spacial score (nSPS) is 14.0. The topological polar surface area (TPSA) is 3.24 Å². The molecule has 0 aliphatic heterocycles. The first kappa shape index (κ1) is 23.7. The van der Waals surface area contributed by atoms with Crippen molar-refractivity contribution in [3.8, 4) is 44.5 Å². The van der Waals surface area contributed by atoms with E-state index in [2.05, 4.69) is 62.4 Å². The van der Waals surface area contributed by atoms with E-state index in [-0.39, 0.29) is 40.8 Å². The lowest BCUT2D eigenvalue weighted by atomic mass is 9.82. The van der Waals surface area contributed by atoms with Crippen LogP contribution in [0.5, 0.6) is 0 Å². The summed E-state index contributed by atoms with van der Waals surface area (Å²) >= 11 is 0. The van der Waals surface area contributed by atoms with Crippen LogP contribution in [0, 0.1) is 0 Å². The number of anilines is 3. The van der Waals surface area contributed by atoms with Crippen LogP contribution in [0.3, 0.4) is 0 Å². The van der Waals surface area contributed by atoms with Gasteiger partial charge in [-0.25, -0.2) is 0 Å². The molecule has 0 aromatic heterocycles. The number of rotatable bonds is 6. The highest BCUT2D eigenvalue weighted by atomic mass is 15.1. The second kappa shape index (κ2) is 11.4. The minimum absolute atomic E-state index is 0.0791. The van der Waals surface area contributed by atoms with Gasteiger partial charge in [0.15, 0.2) is 0 Å². The quantitative estimate of drug-likeness (QED) is 0.185. The molecule has 0 amide bonds. The zero-order valence-corrected chi connectivity index (χ0v) is 25.9. The van der Waals surface area contributed by atoms with E-state index in [1.807, 2.05) is 108 Å². The predicted octanol–water partition coefficient (Wildman–Crippen LogP) is 12.5. The lowest BCUT2D eigenvalue weighted by Crippen LogP contribution is -2.16. The molecule has 0 heterocycles. The average Bonchev–Trinajstić information content (AvgIpc) is 3.39. The van der Waals surface area contributed by atoms with Gasteiger partial charge in [0.05, 0.1) is 11.2 Å². The summed E-state index contributed by atoms with van der Waals surface area (Å²) in [7, 11) is 0. The van der Waals surface area contributed by atoms with Crippen molar-refractivity contribution in [2.75, 3.05) is 4.90 Å². The summed E-state index contributed by atoms with van der Waals surface area (Å²) in [6.07, 6.45) is 0. The molecule has 7 aromatic carbocycles. The van der Waals surface area contributed by atoms with Gasteiger partial charge >= 0.3 is 0 Å². The Balaban J connectivity index is 1.34. The lowest BCUT2D eigenvalue weighted by Gasteiger charge is -2.30. The van der Waals surface area contributed by atoms with Gasteiger partial charge in [0, 0.05) is 22.4 Å². The van der Waals surface area contributed by atoms with Crippen molar-refractivity contribution in [3.05, 3.63) is 187 Å². The maximum atomic E-state index is 9.51. The van der Waals surface area contributed by atoms with Crippen molar-refractivity contribution in [2.45, 2.75) is 19.3 Å². The Morgan fingerprint density at radius 2 is 0.935 bits per heavy atom. The number of hydrogen-bond donors (Lipinski definition) is 0. The Kier molecular flexibility index (Phi) is 5.85. The SMILES string of the molecule is [2H]c1c([2H])c(N(c2ccc3c(c2)C(C)(C)c2ccccc2-3)c2ccccc2-c2ccccc2)c([2H])c([2H])c1-c1ccc(-c2ccccc2)cc1. The number of nitrogens with zero attached hydrogens (tertiary/aromatic N) is 1. The second-order valence-corrected chi connectivity index (χ2v) is 12.3. The Hall–Kier alpha value is -5.66. The highest BCUT2D eigenvalue weighted by Gasteiger charge is 2.35. The maximum absolute atomic E-state index is 9.51. The summed E-state index contributed by atoms with van der Waals surface area (Å²) in [5.41, 5.74) is 11.2. The van der Waals surface area contributed by atoms with Crippen LogP contribution in [-0.4, -0.2) is 0 Å². The van der Waals surface area contributed by atoms with Crippen molar-refractivity contribution in [1.29, 1.82) is 0 Å². The molecule has 1 heteroatoms. The second-order valence-electron chi connectivity index (χ2n) is 12.3. The van der Waals surface area contributed by atoms with Crippen LogP contribution in [0.2, 0.25) is 0 Å². The molecule has 8 rings (SSSR count). The summed E-state index contributed by atoms with van der Waals surface area (Å²) in [4.78, 5) is 1.92. The number of hydrogen-bond acceptors (Lipinski definition) is 1. The van der Waals surface area contributed by atoms with Crippen molar-refractivity contribution in [2.24, 2.45) is 0 Å². The Morgan fingerprint density at radius 3 is 1.63 bits per heavy atom. The highest BCUT2D eigenvalue weighted by molar-refractivity contribution is 5.91. The molecule has 0 fully saturated rings. The third kappa shape index (κ3) is 4.82. The third-order valence-corrected chi connectivity index (χ3v) is 9.17. The summed E-state index contributed by atoms with van der Waals surface area (Å²) in [6, 6.07) is 50.3. The van der Waals surface area contributed by atoms with Crippen LogP contribution in [0.25, 0.3) is 44.5 Å². The van der Waals surface area contributed by atoms with Gasteiger partial charge in [-0.2, -0.15) is 0 Å². The van der Waals surface area contributed by atoms with Crippen molar-refractivity contribution in [3.63, 3.8) is 0 Å². The van der Waals surface area contributed by atoms with E-state index in [1.54, 1.807) is 0 Å². The molecule has 7 aromatic rings. The van der Waals surface area contributed by atoms with E-state index in [0.29, 0.717) is 5.56 Å². The molecule has 0 radical (unpaired) electrons. The van der Waals surface area contributed by atoms with E-state index in [1.165, 1.54) is 16.7 Å². The van der Waals surface area contributed by atoms with Crippen molar-refractivity contribution in [1.82, 2.24) is 0 Å². The molecule has 1 nitrogen and oxygen atoms in total. The van der Waals surface area contributed by atoms with Gasteiger partial charge in [0.25, 0.3) is 0 Å². The van der Waals surface area contributed by atoms with E-state index in [9.17, 15) is 5.48 Å². The predicted molar refractivity (Wildman–Crippen MR) is 195 cm³/mol. The van der Waals surface area contributed by atoms with Gasteiger partial charge in [-0.3, -0.25) is 0 Å². The molecular formula is C45H35N. The van der Waals surface area contributed by atoms with Gasteiger partial charge < -0.3 is 4.90 Å². The molecular weight excluding hydrogens is 555 g/mol. The van der Waals surface area contributed by atoms with Crippen LogP contribution in [0.1, 0.15) is 30.5 Å². The first-order chi connectivity index (χ1) is 24.3. The first-order valence-corrected chi connectivity index (χ1v) is 15.7. The molecule has 0 atom stereocenters. The molecule has 0 saturated heterocycles. The molecule has 0 bridgehead atoms. The zero-order valence-electron chi connectivity index (χ0n) is 29.9. The number of para-hydroxylation sites is 1. The smallest absolute Gasteiger partial charge is 0.0645 e. The standard InChI is InChI=1S/C45H35N/c1-45(2)42-19-11-9-18-40(42)41-30-29-38(31-43(41)45)46(44-20-12-10-17-39(44)36-15-7-4-8-16-36)37-27-25-35(26-28-37)34-23-21-33(22-24-34)32-13-5-3-6-14-32/h3-31H,1-2H3/i25D,26D,27D,28D. The van der Waals surface area contributed by atoms with Crippen molar-refractivity contribution < 1.29 is 5.48 Å². The summed E-state index contributed by atoms with van der Waals surface area (Å²) < 4.78 is 37.7. The average molecular weight is 594 g/mol. The van der Waals surface area contributed by atoms with Gasteiger partial charge in [0.1, 0.15) is 0 Å². The van der Waals surface area contributed by atoms with E-state index < -0.39 is 0 Å². The third-order valence-electron chi connectivity index (χ3n) is 9.17. The molecule has 46 heavy (non-hydrogen) atoms. The first-order valence-electron chi connectivity index (χ1n) is 17.7. The van der Waals surface area contributed by atoms with Crippen LogP contribution >= 0.6 is 0 Å². The highest BCUT2D eigenvalue weighted by Crippen LogP contribution is 2.51. The van der Waals surface area contributed by atoms with Crippen LogP contribution in [-0.2, 0) is 5.41 Å². The molecule has 0 N–H and O–H groups in total. The summed E-state index contributed by atoms with van der Waals surface area (Å²) in [5.74, 6) is 0. The molecule has 0 saturated carbocycles. The molecule has 0 unspecified atom stereocenters.